The van der Waals surface area contributed by atoms with E-state index in [0.717, 1.165) is 22.7 Å². The molecule has 0 atom stereocenters. The molecule has 2 aromatic heterocycles. The van der Waals surface area contributed by atoms with Crippen molar-refractivity contribution in [1.29, 1.82) is 0 Å². The first-order chi connectivity index (χ1) is 8.81. The summed E-state index contributed by atoms with van der Waals surface area (Å²) in [4.78, 5) is 14.4. The first-order valence-corrected chi connectivity index (χ1v) is 8.39. The lowest BCUT2D eigenvalue weighted by molar-refractivity contribution is 0.0692. The molecule has 0 radical (unpaired) electrons. The number of halogens is 2. The Balaban J connectivity index is 2.36. The standard InChI is InChI=1S/C8H4Cl2N2O4S3/c9-3-1-4(18-6(3)10)19(15,16)12-7-5(8(13)14)11-2-17-7/h1-2,12H,(H,13,14). The molecule has 0 spiro atoms. The maximum atomic E-state index is 12.0. The van der Waals surface area contributed by atoms with Crippen molar-refractivity contribution in [3.05, 3.63) is 26.6 Å². The summed E-state index contributed by atoms with van der Waals surface area (Å²) >= 11 is 13.0. The first-order valence-electron chi connectivity index (χ1n) is 4.45. The van der Waals surface area contributed by atoms with Crippen LogP contribution in [0.1, 0.15) is 10.5 Å². The van der Waals surface area contributed by atoms with Crippen LogP contribution >= 0.6 is 45.9 Å². The van der Waals surface area contributed by atoms with Gasteiger partial charge in [0, 0.05) is 0 Å². The molecule has 0 saturated carbocycles. The van der Waals surface area contributed by atoms with Crippen molar-refractivity contribution < 1.29 is 18.3 Å². The summed E-state index contributed by atoms with van der Waals surface area (Å²) < 4.78 is 26.2. The second-order valence-electron chi connectivity index (χ2n) is 3.13. The average molecular weight is 359 g/mol. The molecule has 0 aliphatic heterocycles. The van der Waals surface area contributed by atoms with Gasteiger partial charge in [-0.3, -0.25) is 4.72 Å². The van der Waals surface area contributed by atoms with E-state index in [1.165, 1.54) is 11.6 Å². The Kier molecular flexibility index (Phi) is 4.02. The van der Waals surface area contributed by atoms with E-state index in [2.05, 4.69) is 9.71 Å². The maximum Gasteiger partial charge on any atom is 0.357 e. The van der Waals surface area contributed by atoms with Crippen molar-refractivity contribution >= 4 is 66.9 Å². The summed E-state index contributed by atoms with van der Waals surface area (Å²) in [5, 5.41) is 8.88. The van der Waals surface area contributed by atoms with Gasteiger partial charge in [0.2, 0.25) is 0 Å². The van der Waals surface area contributed by atoms with E-state index in [1.807, 2.05) is 0 Å². The zero-order valence-corrected chi connectivity index (χ0v) is 12.7. The minimum Gasteiger partial charge on any atom is -0.476 e. The van der Waals surface area contributed by atoms with E-state index < -0.39 is 16.0 Å². The number of thiazole rings is 1. The van der Waals surface area contributed by atoms with Crippen molar-refractivity contribution in [3.63, 3.8) is 0 Å². The fraction of sp³-hybridized carbons (Fsp3) is 0. The molecule has 0 amide bonds. The van der Waals surface area contributed by atoms with Gasteiger partial charge >= 0.3 is 5.97 Å². The molecule has 11 heteroatoms. The molecule has 0 aliphatic rings. The number of nitrogens with zero attached hydrogens (tertiary/aromatic N) is 1. The van der Waals surface area contributed by atoms with Gasteiger partial charge in [0.15, 0.2) is 5.69 Å². The number of hydrogen-bond donors (Lipinski definition) is 2. The number of aromatic carboxylic acids is 1. The molecule has 2 rings (SSSR count). The summed E-state index contributed by atoms with van der Waals surface area (Å²) in [6.07, 6.45) is 0. The monoisotopic (exact) mass is 358 g/mol. The van der Waals surface area contributed by atoms with Gasteiger partial charge in [-0.2, -0.15) is 0 Å². The molecule has 2 N–H and O–H groups in total. The van der Waals surface area contributed by atoms with Crippen LogP contribution in [0.25, 0.3) is 0 Å². The molecule has 0 saturated heterocycles. The number of carboxylic acids is 1. The van der Waals surface area contributed by atoms with Crippen LogP contribution in [0.2, 0.25) is 9.36 Å². The fourth-order valence-corrected chi connectivity index (χ4v) is 4.97. The Morgan fingerprint density at radius 1 is 1.42 bits per heavy atom. The topological polar surface area (TPSA) is 96.4 Å². The van der Waals surface area contributed by atoms with Gasteiger partial charge in [0.1, 0.15) is 13.5 Å². The highest BCUT2D eigenvalue weighted by molar-refractivity contribution is 7.95. The molecule has 19 heavy (non-hydrogen) atoms. The van der Waals surface area contributed by atoms with Crippen molar-refractivity contribution in [3.8, 4) is 0 Å². The molecule has 0 unspecified atom stereocenters. The number of carbonyl (C=O) groups is 1. The minimum atomic E-state index is -3.93. The zero-order valence-electron chi connectivity index (χ0n) is 8.75. The van der Waals surface area contributed by atoms with Gasteiger partial charge in [0.25, 0.3) is 10.0 Å². The van der Waals surface area contributed by atoms with Crippen molar-refractivity contribution in [1.82, 2.24) is 4.98 Å². The molecule has 102 valence electrons. The predicted molar refractivity (Wildman–Crippen MR) is 74.2 cm³/mol. The number of nitrogens with one attached hydrogen (secondary N) is 1. The highest BCUT2D eigenvalue weighted by Gasteiger charge is 2.23. The number of anilines is 1. The second kappa shape index (κ2) is 5.25. The van der Waals surface area contributed by atoms with Crippen LogP contribution in [0.4, 0.5) is 5.00 Å². The quantitative estimate of drug-likeness (QED) is 0.875. The largest absolute Gasteiger partial charge is 0.476 e. The van der Waals surface area contributed by atoms with Crippen LogP contribution in [0.15, 0.2) is 15.8 Å². The van der Waals surface area contributed by atoms with Gasteiger partial charge in [0.05, 0.1) is 10.5 Å². The van der Waals surface area contributed by atoms with Crippen LogP contribution in [-0.4, -0.2) is 24.5 Å². The maximum absolute atomic E-state index is 12.0. The van der Waals surface area contributed by atoms with E-state index >= 15 is 0 Å². The number of aromatic nitrogens is 1. The first kappa shape index (κ1) is 14.5. The van der Waals surface area contributed by atoms with E-state index in [0.29, 0.717) is 0 Å². The lowest BCUT2D eigenvalue weighted by Crippen LogP contribution is -2.13. The molecule has 2 aromatic rings. The normalized spacial score (nSPS) is 11.5. The number of sulfonamides is 1. The van der Waals surface area contributed by atoms with Crippen LogP contribution in [0.5, 0.6) is 0 Å². The summed E-state index contributed by atoms with van der Waals surface area (Å²) in [6.45, 7) is 0. The van der Waals surface area contributed by atoms with Crippen LogP contribution in [-0.2, 0) is 10.0 Å². The molecular formula is C8H4Cl2N2O4S3. The third-order valence-corrected chi connectivity index (χ3v) is 6.44. The Hall–Kier alpha value is -0.870. The second-order valence-corrected chi connectivity index (χ2v) is 7.95. The Bertz CT molecular complexity index is 718. The summed E-state index contributed by atoms with van der Waals surface area (Å²) in [7, 11) is -3.93. The molecule has 0 aromatic carbocycles. The van der Waals surface area contributed by atoms with E-state index in [-0.39, 0.29) is 24.3 Å². The van der Waals surface area contributed by atoms with Crippen molar-refractivity contribution in [2.45, 2.75) is 4.21 Å². The van der Waals surface area contributed by atoms with Gasteiger partial charge in [-0.15, -0.1) is 22.7 Å². The molecule has 2 heterocycles. The fourth-order valence-electron chi connectivity index (χ4n) is 1.10. The summed E-state index contributed by atoms with van der Waals surface area (Å²) in [6, 6.07) is 1.19. The minimum absolute atomic E-state index is 0.0758. The lowest BCUT2D eigenvalue weighted by Gasteiger charge is -2.03. The number of hydrogen-bond acceptors (Lipinski definition) is 6. The third kappa shape index (κ3) is 3.00. The van der Waals surface area contributed by atoms with E-state index in [4.69, 9.17) is 28.3 Å². The highest BCUT2D eigenvalue weighted by atomic mass is 35.5. The molecule has 0 fully saturated rings. The van der Waals surface area contributed by atoms with E-state index in [9.17, 15) is 13.2 Å². The molecule has 0 bridgehead atoms. The Labute approximate surface area is 125 Å². The molecule has 0 aliphatic carbocycles. The highest BCUT2D eigenvalue weighted by Crippen LogP contribution is 2.35. The Morgan fingerprint density at radius 2 is 2.11 bits per heavy atom. The third-order valence-electron chi connectivity index (χ3n) is 1.88. The predicted octanol–water partition coefficient (Wildman–Crippen LogP) is 3.01. The van der Waals surface area contributed by atoms with Crippen LogP contribution in [0, 0.1) is 0 Å². The lowest BCUT2D eigenvalue weighted by atomic mass is 10.5. The summed E-state index contributed by atoms with van der Waals surface area (Å²) in [5.74, 6) is -1.32. The van der Waals surface area contributed by atoms with Crippen LogP contribution < -0.4 is 4.72 Å². The van der Waals surface area contributed by atoms with Gasteiger partial charge in [-0.05, 0) is 6.07 Å². The average Bonchev–Trinajstić information content (AvgIpc) is 2.87. The van der Waals surface area contributed by atoms with Gasteiger partial charge < -0.3 is 5.11 Å². The zero-order chi connectivity index (χ0) is 14.2. The van der Waals surface area contributed by atoms with Crippen molar-refractivity contribution in [2.75, 3.05) is 4.72 Å². The number of thiophene rings is 1. The van der Waals surface area contributed by atoms with Crippen molar-refractivity contribution in [2.24, 2.45) is 0 Å². The molecular weight excluding hydrogens is 355 g/mol. The number of carboxylic acid groups (broad SMARTS) is 1. The van der Waals surface area contributed by atoms with Crippen LogP contribution in [0.3, 0.4) is 0 Å². The molecule has 6 nitrogen and oxygen atoms in total. The smallest absolute Gasteiger partial charge is 0.357 e. The van der Waals surface area contributed by atoms with E-state index in [1.54, 1.807) is 0 Å². The number of rotatable bonds is 4. The SMILES string of the molecule is O=C(O)c1ncsc1NS(=O)(=O)c1cc(Cl)c(Cl)s1. The van der Waals surface area contributed by atoms with Gasteiger partial charge in [-0.1, -0.05) is 23.2 Å². The summed E-state index contributed by atoms with van der Waals surface area (Å²) in [5.41, 5.74) is 0.873. The van der Waals surface area contributed by atoms with Gasteiger partial charge in [-0.25, -0.2) is 18.2 Å². The Morgan fingerprint density at radius 3 is 2.63 bits per heavy atom.